The predicted molar refractivity (Wildman–Crippen MR) is 82.2 cm³/mol. The van der Waals surface area contributed by atoms with Crippen LogP contribution in [0.15, 0.2) is 18.2 Å². The van der Waals surface area contributed by atoms with Crippen LogP contribution in [0.1, 0.15) is 32.3 Å². The Hall–Kier alpha value is -1.06. The molecule has 1 aromatic rings. The van der Waals surface area contributed by atoms with Gasteiger partial charge in [0, 0.05) is 16.8 Å². The molecule has 108 valence electrons. The van der Waals surface area contributed by atoms with Gasteiger partial charge in [-0.25, -0.2) is 0 Å². The zero-order valence-electron chi connectivity index (χ0n) is 12.1. The van der Waals surface area contributed by atoms with Crippen LogP contribution >= 0.6 is 11.6 Å². The van der Waals surface area contributed by atoms with Crippen LogP contribution < -0.4 is 5.32 Å². The summed E-state index contributed by atoms with van der Waals surface area (Å²) >= 11 is 6.08. The topological polar surface area (TPSA) is 32.3 Å². The number of nitrogens with one attached hydrogen (secondary N) is 1. The Morgan fingerprint density at radius 2 is 2.00 bits per heavy atom. The molecular weight excluding hydrogens is 272 g/mol. The second-order valence-electron chi connectivity index (χ2n) is 6.34. The molecule has 0 saturated carbocycles. The highest BCUT2D eigenvalue weighted by Crippen LogP contribution is 2.42. The third-order valence-corrected chi connectivity index (χ3v) is 5.05. The monoisotopic (exact) mass is 292 g/mol. The minimum Gasteiger partial charge on any atom is -0.325 e. The van der Waals surface area contributed by atoms with Gasteiger partial charge in [-0.1, -0.05) is 11.6 Å². The largest absolute Gasteiger partial charge is 0.325 e. The van der Waals surface area contributed by atoms with Gasteiger partial charge in [0.25, 0.3) is 0 Å². The first-order valence-electron chi connectivity index (χ1n) is 7.34. The molecule has 0 unspecified atom stereocenters. The Morgan fingerprint density at radius 1 is 1.30 bits per heavy atom. The molecular formula is C16H21ClN2O. The Balaban J connectivity index is 1.84. The maximum absolute atomic E-state index is 12.5. The van der Waals surface area contributed by atoms with Crippen LogP contribution in [0, 0.1) is 5.41 Å². The smallest absolute Gasteiger partial charge is 0.231 e. The average Bonchev–Trinajstić information content (AvgIpc) is 2.41. The molecule has 1 N–H and O–H groups in total. The Morgan fingerprint density at radius 3 is 2.65 bits per heavy atom. The number of nitrogens with zero attached hydrogens (tertiary/aromatic N) is 1. The standard InChI is InChI=1S/C16H21ClN2O/c1-11(2)19-7-5-16(6-8-19)10-12-9-13(17)3-4-14(12)18-15(16)20/h3-4,9,11H,5-8,10H2,1-2H3,(H,18,20). The first-order chi connectivity index (χ1) is 9.50. The van der Waals surface area contributed by atoms with Gasteiger partial charge in [-0.05, 0) is 70.0 Å². The summed E-state index contributed by atoms with van der Waals surface area (Å²) in [5, 5.41) is 3.82. The van der Waals surface area contributed by atoms with E-state index in [2.05, 4.69) is 24.1 Å². The molecule has 2 aliphatic heterocycles. The molecule has 0 bridgehead atoms. The maximum Gasteiger partial charge on any atom is 0.231 e. The van der Waals surface area contributed by atoms with Crippen molar-refractivity contribution in [1.82, 2.24) is 4.90 Å². The molecule has 4 heteroatoms. The van der Waals surface area contributed by atoms with E-state index in [1.807, 2.05) is 18.2 Å². The number of carbonyl (C=O) groups is 1. The van der Waals surface area contributed by atoms with Crippen molar-refractivity contribution in [2.24, 2.45) is 5.41 Å². The van der Waals surface area contributed by atoms with E-state index in [0.717, 1.165) is 43.1 Å². The number of halogens is 1. The molecule has 0 aliphatic carbocycles. The number of hydrogen-bond acceptors (Lipinski definition) is 2. The molecule has 1 aromatic carbocycles. The molecule has 1 amide bonds. The van der Waals surface area contributed by atoms with Crippen LogP contribution in [0.25, 0.3) is 0 Å². The van der Waals surface area contributed by atoms with Gasteiger partial charge in [0.15, 0.2) is 0 Å². The Kier molecular flexibility index (Phi) is 3.51. The van der Waals surface area contributed by atoms with Crippen LogP contribution in [-0.2, 0) is 11.2 Å². The van der Waals surface area contributed by atoms with E-state index in [4.69, 9.17) is 11.6 Å². The van der Waals surface area contributed by atoms with E-state index in [9.17, 15) is 4.79 Å². The normalized spacial score (nSPS) is 21.9. The maximum atomic E-state index is 12.5. The van der Waals surface area contributed by atoms with Crippen LogP contribution in [0.3, 0.4) is 0 Å². The molecule has 0 atom stereocenters. The van der Waals surface area contributed by atoms with Gasteiger partial charge in [-0.15, -0.1) is 0 Å². The number of amides is 1. The number of fused-ring (bicyclic) bond motifs is 1. The van der Waals surface area contributed by atoms with Gasteiger partial charge in [0.1, 0.15) is 0 Å². The van der Waals surface area contributed by atoms with E-state index < -0.39 is 0 Å². The molecule has 3 nitrogen and oxygen atoms in total. The van der Waals surface area contributed by atoms with Gasteiger partial charge < -0.3 is 10.2 Å². The predicted octanol–water partition coefficient (Wildman–Crippen LogP) is 3.33. The number of hydrogen-bond donors (Lipinski definition) is 1. The molecule has 1 saturated heterocycles. The summed E-state index contributed by atoms with van der Waals surface area (Å²) in [5.74, 6) is 0.190. The van der Waals surface area contributed by atoms with Crippen molar-refractivity contribution in [3.63, 3.8) is 0 Å². The van der Waals surface area contributed by atoms with E-state index >= 15 is 0 Å². The lowest BCUT2D eigenvalue weighted by atomic mass is 9.70. The van der Waals surface area contributed by atoms with E-state index in [-0.39, 0.29) is 11.3 Å². The average molecular weight is 293 g/mol. The molecule has 20 heavy (non-hydrogen) atoms. The van der Waals surface area contributed by atoms with E-state index in [0.29, 0.717) is 6.04 Å². The third kappa shape index (κ3) is 2.33. The molecule has 2 heterocycles. The van der Waals surface area contributed by atoms with Crippen LogP contribution in [-0.4, -0.2) is 29.9 Å². The van der Waals surface area contributed by atoms with Crippen LogP contribution in [0.5, 0.6) is 0 Å². The third-order valence-electron chi connectivity index (χ3n) is 4.81. The van der Waals surface area contributed by atoms with Crippen LogP contribution in [0.4, 0.5) is 5.69 Å². The lowest BCUT2D eigenvalue weighted by Crippen LogP contribution is -2.51. The highest BCUT2D eigenvalue weighted by atomic mass is 35.5. The van der Waals surface area contributed by atoms with Gasteiger partial charge in [-0.3, -0.25) is 4.79 Å². The zero-order chi connectivity index (χ0) is 14.3. The molecule has 1 spiro atoms. The fraction of sp³-hybridized carbons (Fsp3) is 0.562. The van der Waals surface area contributed by atoms with Gasteiger partial charge in [0.05, 0.1) is 5.41 Å². The highest BCUT2D eigenvalue weighted by molar-refractivity contribution is 6.30. The summed E-state index contributed by atoms with van der Waals surface area (Å²) in [6.45, 7) is 6.43. The SMILES string of the molecule is CC(C)N1CCC2(CC1)Cc1cc(Cl)ccc1NC2=O. The summed E-state index contributed by atoms with van der Waals surface area (Å²) in [7, 11) is 0. The lowest BCUT2D eigenvalue weighted by Gasteiger charge is -2.44. The fourth-order valence-corrected chi connectivity index (χ4v) is 3.60. The second kappa shape index (κ2) is 5.05. The molecule has 0 aromatic heterocycles. The minimum atomic E-state index is -0.233. The zero-order valence-corrected chi connectivity index (χ0v) is 12.8. The molecule has 0 radical (unpaired) electrons. The van der Waals surface area contributed by atoms with Crippen molar-refractivity contribution >= 4 is 23.2 Å². The number of carbonyl (C=O) groups excluding carboxylic acids is 1. The molecule has 3 rings (SSSR count). The van der Waals surface area contributed by atoms with Crippen molar-refractivity contribution in [2.75, 3.05) is 18.4 Å². The summed E-state index contributed by atoms with van der Waals surface area (Å²) in [4.78, 5) is 15.0. The highest BCUT2D eigenvalue weighted by Gasteiger charge is 2.44. The fourth-order valence-electron chi connectivity index (χ4n) is 3.40. The summed E-state index contributed by atoms with van der Waals surface area (Å²) < 4.78 is 0. The second-order valence-corrected chi connectivity index (χ2v) is 6.78. The lowest BCUT2D eigenvalue weighted by molar-refractivity contribution is -0.129. The van der Waals surface area contributed by atoms with Crippen molar-refractivity contribution in [3.8, 4) is 0 Å². The number of rotatable bonds is 1. The summed E-state index contributed by atoms with van der Waals surface area (Å²) in [5.41, 5.74) is 1.87. The van der Waals surface area contributed by atoms with Crippen molar-refractivity contribution in [2.45, 2.75) is 39.2 Å². The Bertz CT molecular complexity index is 533. The van der Waals surface area contributed by atoms with Crippen molar-refractivity contribution in [1.29, 1.82) is 0 Å². The molecule has 2 aliphatic rings. The van der Waals surface area contributed by atoms with E-state index in [1.54, 1.807) is 0 Å². The Labute approximate surface area is 125 Å². The van der Waals surface area contributed by atoms with Gasteiger partial charge >= 0.3 is 0 Å². The number of anilines is 1. The minimum absolute atomic E-state index is 0.190. The number of piperidine rings is 1. The van der Waals surface area contributed by atoms with Gasteiger partial charge in [-0.2, -0.15) is 0 Å². The summed E-state index contributed by atoms with van der Waals surface area (Å²) in [6, 6.07) is 6.29. The first kappa shape index (κ1) is 13.9. The first-order valence-corrected chi connectivity index (χ1v) is 7.72. The number of benzene rings is 1. The van der Waals surface area contributed by atoms with Crippen molar-refractivity contribution in [3.05, 3.63) is 28.8 Å². The van der Waals surface area contributed by atoms with Gasteiger partial charge in [0.2, 0.25) is 5.91 Å². The van der Waals surface area contributed by atoms with E-state index in [1.165, 1.54) is 5.56 Å². The molecule has 1 fully saturated rings. The van der Waals surface area contributed by atoms with Crippen LogP contribution in [0.2, 0.25) is 5.02 Å². The number of likely N-dealkylation sites (tertiary alicyclic amines) is 1. The summed E-state index contributed by atoms with van der Waals surface area (Å²) in [6.07, 6.45) is 2.69. The van der Waals surface area contributed by atoms with Crippen molar-refractivity contribution < 1.29 is 4.79 Å². The quantitative estimate of drug-likeness (QED) is 0.861.